The number of rotatable bonds is 10. The van der Waals surface area contributed by atoms with Crippen LogP contribution in [-0.2, 0) is 24.6 Å². The summed E-state index contributed by atoms with van der Waals surface area (Å²) in [5.74, 6) is 0. The Labute approximate surface area is 251 Å². The molecule has 0 bridgehead atoms. The van der Waals surface area contributed by atoms with Crippen LogP contribution in [0.5, 0.6) is 0 Å². The average molecular weight is 607 g/mol. The van der Waals surface area contributed by atoms with Gasteiger partial charge >= 0.3 is 0 Å². The summed E-state index contributed by atoms with van der Waals surface area (Å²) in [6, 6.07) is 10.5. The zero-order valence-corrected chi connectivity index (χ0v) is 31.7. The van der Waals surface area contributed by atoms with E-state index in [9.17, 15) is 0 Å². The van der Waals surface area contributed by atoms with Gasteiger partial charge in [0.05, 0.1) is 31.5 Å². The molecular formula is C33H62O4Si3. The fourth-order valence-electron chi connectivity index (χ4n) is 4.10. The van der Waals surface area contributed by atoms with Crippen LogP contribution < -0.4 is 0 Å². The van der Waals surface area contributed by atoms with E-state index in [0.717, 1.165) is 12.8 Å². The van der Waals surface area contributed by atoms with Crippen molar-refractivity contribution in [2.75, 3.05) is 6.61 Å². The van der Waals surface area contributed by atoms with Crippen LogP contribution in [0.15, 0.2) is 42.0 Å². The molecule has 1 aromatic carbocycles. The highest BCUT2D eigenvalue weighted by Gasteiger charge is 2.47. The van der Waals surface area contributed by atoms with Gasteiger partial charge in [0.25, 0.3) is 0 Å². The van der Waals surface area contributed by atoms with Crippen LogP contribution >= 0.6 is 0 Å². The quantitative estimate of drug-likeness (QED) is 0.196. The second-order valence-electron chi connectivity index (χ2n) is 16.4. The Morgan fingerprint density at radius 2 is 1.10 bits per heavy atom. The van der Waals surface area contributed by atoms with Crippen molar-refractivity contribution in [3.63, 3.8) is 0 Å². The molecule has 1 fully saturated rings. The van der Waals surface area contributed by atoms with Gasteiger partial charge in [-0.25, -0.2) is 0 Å². The third-order valence-corrected chi connectivity index (χ3v) is 23.6. The van der Waals surface area contributed by atoms with Crippen LogP contribution in [0.25, 0.3) is 0 Å². The van der Waals surface area contributed by atoms with Crippen LogP contribution in [0, 0.1) is 0 Å². The number of hydrogen-bond acceptors (Lipinski definition) is 4. The Morgan fingerprint density at radius 3 is 1.50 bits per heavy atom. The van der Waals surface area contributed by atoms with Crippen molar-refractivity contribution in [2.24, 2.45) is 0 Å². The van der Waals surface area contributed by atoms with Crippen LogP contribution in [-0.4, -0.2) is 49.9 Å². The molecule has 0 heterocycles. The van der Waals surface area contributed by atoms with Gasteiger partial charge in [0, 0.05) is 12.8 Å². The highest BCUT2D eigenvalue weighted by molar-refractivity contribution is 6.75. The normalized spacial score (nSPS) is 23.1. The van der Waals surface area contributed by atoms with E-state index >= 15 is 0 Å². The Bertz CT molecular complexity index is 926. The van der Waals surface area contributed by atoms with E-state index in [2.05, 4.69) is 138 Å². The van der Waals surface area contributed by atoms with Crippen molar-refractivity contribution < 1.29 is 18.0 Å². The van der Waals surface area contributed by atoms with Crippen molar-refractivity contribution in [3.8, 4) is 0 Å². The smallest absolute Gasteiger partial charge is 0.192 e. The molecule has 1 aromatic rings. The zero-order valence-electron chi connectivity index (χ0n) is 28.7. The topological polar surface area (TPSA) is 36.9 Å². The molecule has 7 heteroatoms. The second kappa shape index (κ2) is 13.0. The van der Waals surface area contributed by atoms with Crippen molar-refractivity contribution >= 4 is 25.0 Å². The largest absolute Gasteiger partial charge is 0.413 e. The lowest BCUT2D eigenvalue weighted by Crippen LogP contribution is -2.52. The van der Waals surface area contributed by atoms with Gasteiger partial charge in [0.1, 0.15) is 0 Å². The Balaban J connectivity index is 2.48. The molecule has 0 radical (unpaired) electrons. The first-order valence-corrected chi connectivity index (χ1v) is 24.0. The Morgan fingerprint density at radius 1 is 0.675 bits per heavy atom. The lowest BCUT2D eigenvalue weighted by molar-refractivity contribution is -0.0327. The molecule has 0 N–H and O–H groups in total. The van der Waals surface area contributed by atoms with Crippen LogP contribution in [0.4, 0.5) is 0 Å². The van der Waals surface area contributed by atoms with E-state index in [4.69, 9.17) is 18.0 Å². The van der Waals surface area contributed by atoms with E-state index in [1.54, 1.807) is 0 Å². The molecule has 1 saturated carbocycles. The van der Waals surface area contributed by atoms with Gasteiger partial charge in [0.15, 0.2) is 25.0 Å². The lowest BCUT2D eigenvalue weighted by atomic mass is 9.87. The van der Waals surface area contributed by atoms with Crippen molar-refractivity contribution in [2.45, 2.75) is 154 Å². The van der Waals surface area contributed by atoms with Gasteiger partial charge in [-0.15, -0.1) is 0 Å². The molecule has 40 heavy (non-hydrogen) atoms. The first kappa shape index (κ1) is 35.6. The fourth-order valence-corrected chi connectivity index (χ4v) is 7.63. The number of ether oxygens (including phenoxy) is 1. The van der Waals surface area contributed by atoms with Crippen molar-refractivity contribution in [1.82, 2.24) is 0 Å². The molecule has 0 saturated heterocycles. The number of hydrogen-bond donors (Lipinski definition) is 0. The van der Waals surface area contributed by atoms with Gasteiger partial charge in [-0.05, 0) is 65.5 Å². The highest BCUT2D eigenvalue weighted by atomic mass is 28.4. The second-order valence-corrected chi connectivity index (χ2v) is 30.7. The number of benzene rings is 1. The maximum Gasteiger partial charge on any atom is 0.192 e. The minimum atomic E-state index is -2.05. The summed E-state index contributed by atoms with van der Waals surface area (Å²) in [5.41, 5.74) is 2.48. The van der Waals surface area contributed by atoms with E-state index in [-0.39, 0.29) is 33.4 Å². The molecule has 0 aliphatic heterocycles. The average Bonchev–Trinajstić information content (AvgIpc) is 2.77. The monoisotopic (exact) mass is 606 g/mol. The minimum Gasteiger partial charge on any atom is -0.413 e. The van der Waals surface area contributed by atoms with Gasteiger partial charge < -0.3 is 18.0 Å². The van der Waals surface area contributed by atoms with Gasteiger partial charge in [0.2, 0.25) is 0 Å². The highest BCUT2D eigenvalue weighted by Crippen LogP contribution is 2.44. The molecule has 0 aromatic heterocycles. The molecule has 0 spiro atoms. The fraction of sp³-hybridized carbons (Fsp3) is 0.758. The van der Waals surface area contributed by atoms with E-state index < -0.39 is 25.0 Å². The summed E-state index contributed by atoms with van der Waals surface area (Å²) >= 11 is 0. The Hall–Kier alpha value is -0.549. The molecule has 1 aliphatic rings. The maximum absolute atomic E-state index is 7.20. The van der Waals surface area contributed by atoms with E-state index in [1.165, 1.54) is 11.1 Å². The molecule has 1 aliphatic carbocycles. The lowest BCUT2D eigenvalue weighted by Gasteiger charge is -2.47. The zero-order chi connectivity index (χ0) is 30.8. The summed E-state index contributed by atoms with van der Waals surface area (Å²) in [4.78, 5) is 0. The first-order valence-electron chi connectivity index (χ1n) is 15.3. The molecule has 0 amide bonds. The molecule has 230 valence electrons. The Kier molecular flexibility index (Phi) is 11.6. The summed E-state index contributed by atoms with van der Waals surface area (Å²) in [7, 11) is -5.99. The summed E-state index contributed by atoms with van der Waals surface area (Å²) < 4.78 is 27.7. The van der Waals surface area contributed by atoms with E-state index in [1.807, 2.05) is 0 Å². The van der Waals surface area contributed by atoms with Gasteiger partial charge in [-0.2, -0.15) is 0 Å². The maximum atomic E-state index is 7.20. The molecular weight excluding hydrogens is 545 g/mol. The summed E-state index contributed by atoms with van der Waals surface area (Å²) in [6.45, 7) is 36.1. The van der Waals surface area contributed by atoms with Crippen molar-refractivity contribution in [1.29, 1.82) is 0 Å². The molecule has 2 rings (SSSR count). The summed E-state index contributed by atoms with van der Waals surface area (Å²) in [5, 5.41) is 0.398. The summed E-state index contributed by atoms with van der Waals surface area (Å²) in [6.07, 6.45) is 4.03. The first-order chi connectivity index (χ1) is 18.0. The molecule has 4 nitrogen and oxygen atoms in total. The predicted molar refractivity (Wildman–Crippen MR) is 180 cm³/mol. The van der Waals surface area contributed by atoms with Crippen LogP contribution in [0.3, 0.4) is 0 Å². The third kappa shape index (κ3) is 9.48. The third-order valence-electron chi connectivity index (χ3n) is 10.1. The van der Waals surface area contributed by atoms with Gasteiger partial charge in [-0.1, -0.05) is 98.7 Å². The van der Waals surface area contributed by atoms with Crippen LogP contribution in [0.1, 0.15) is 80.7 Å². The molecule has 3 atom stereocenters. The van der Waals surface area contributed by atoms with Crippen molar-refractivity contribution in [3.05, 3.63) is 47.5 Å². The van der Waals surface area contributed by atoms with Crippen LogP contribution in [0.2, 0.25) is 54.4 Å². The standard InChI is InChI=1S/C33H62O4Si3/c1-31(2,3)38(10,11)35-22-21-28-29(36-39(12,13)32(4,5)6)23-27(34-25-26-19-17-16-18-20-26)24-30(28)37-40(14,15)33(7,8)9/h16-21,27,29-30H,22-25H2,1-15H3/t27?,29-,30?/m1/s1. The predicted octanol–water partition coefficient (Wildman–Crippen LogP) is 10.1. The molecule has 2 unspecified atom stereocenters. The van der Waals surface area contributed by atoms with E-state index in [0.29, 0.717) is 13.2 Å². The SMILES string of the molecule is CC(C)(C)[Si](C)(C)OCC=C1C(O[Si](C)(C)C(C)(C)C)CC(OCc2ccccc2)C[C@H]1O[Si](C)(C)C(C)(C)C. The minimum absolute atomic E-state index is 0.0341. The van der Waals surface area contributed by atoms with Gasteiger partial charge in [-0.3, -0.25) is 0 Å².